The van der Waals surface area contributed by atoms with Crippen molar-refractivity contribution in [1.29, 1.82) is 5.26 Å². The topological polar surface area (TPSA) is 280 Å². The van der Waals surface area contributed by atoms with Crippen molar-refractivity contribution in [3.05, 3.63) is 82.4 Å². The summed E-state index contributed by atoms with van der Waals surface area (Å²) in [5.74, 6) is -3.16. The van der Waals surface area contributed by atoms with Gasteiger partial charge in [0.25, 0.3) is 5.91 Å². The van der Waals surface area contributed by atoms with Crippen LogP contribution < -0.4 is 47.5 Å². The number of ether oxygens (including phenoxy) is 2. The molecule has 0 spiro atoms. The van der Waals surface area contributed by atoms with Gasteiger partial charge in [-0.05, 0) is 85.7 Å². The molecule has 1 aliphatic rings. The van der Waals surface area contributed by atoms with Gasteiger partial charge in [-0.3, -0.25) is 28.8 Å². The number of nitrogens with zero attached hydrogens (tertiary/aromatic N) is 2. The van der Waals surface area contributed by atoms with Gasteiger partial charge in [0.2, 0.25) is 29.5 Å². The number of amides is 6. The van der Waals surface area contributed by atoms with Gasteiger partial charge in [0.05, 0.1) is 12.7 Å². The van der Waals surface area contributed by atoms with Crippen LogP contribution in [-0.2, 0) is 36.8 Å². The van der Waals surface area contributed by atoms with Crippen LogP contribution in [0.3, 0.4) is 0 Å². The molecule has 18 heteroatoms. The van der Waals surface area contributed by atoms with Gasteiger partial charge in [0.15, 0.2) is 0 Å². The molecule has 0 fully saturated rings. The molecule has 68 heavy (non-hydrogen) atoms. The lowest BCUT2D eigenvalue weighted by Gasteiger charge is -2.33. The summed E-state index contributed by atoms with van der Waals surface area (Å²) in [6.45, 7) is 5.41. The molecule has 1 aliphatic heterocycles. The van der Waals surface area contributed by atoms with Crippen LogP contribution in [0.2, 0.25) is 0 Å². The second-order valence-electron chi connectivity index (χ2n) is 16.9. The van der Waals surface area contributed by atoms with E-state index in [1.165, 1.54) is 39.7 Å². The van der Waals surface area contributed by atoms with E-state index < -0.39 is 59.6 Å². The second-order valence-corrected chi connectivity index (χ2v) is 16.9. The Bertz CT molecular complexity index is 2250. The van der Waals surface area contributed by atoms with Crippen molar-refractivity contribution >= 4 is 35.4 Å². The molecule has 4 rings (SSSR count). The summed E-state index contributed by atoms with van der Waals surface area (Å²) < 4.78 is 12.2. The number of aliphatic hydroxyl groups is 1. The normalized spacial score (nSPS) is 16.2. The number of unbranched alkanes of at least 4 members (excludes halogenated alkanes) is 5. The third-order valence-electron chi connectivity index (χ3n) is 11.6. The van der Waals surface area contributed by atoms with Crippen LogP contribution in [0.1, 0.15) is 104 Å². The first-order valence-corrected chi connectivity index (χ1v) is 23.5. The summed E-state index contributed by atoms with van der Waals surface area (Å²) in [5, 5.41) is 31.8. The summed E-state index contributed by atoms with van der Waals surface area (Å²) in [7, 11) is 1.39. The van der Waals surface area contributed by atoms with Crippen LogP contribution in [0.15, 0.2) is 54.6 Å². The van der Waals surface area contributed by atoms with Crippen LogP contribution >= 0.6 is 0 Å². The van der Waals surface area contributed by atoms with E-state index in [9.17, 15) is 39.1 Å². The number of benzene rings is 3. The van der Waals surface area contributed by atoms with Crippen LogP contribution in [-0.4, -0.2) is 117 Å². The number of carbonyl (C=O) groups excluding carboxylic acids is 6. The van der Waals surface area contributed by atoms with Crippen molar-refractivity contribution < 1.29 is 43.3 Å². The number of aliphatic hydroxyl groups excluding tert-OH is 1. The molecular weight excluding hydrogens is 871 g/mol. The van der Waals surface area contributed by atoms with E-state index in [1.807, 2.05) is 25.1 Å². The first-order valence-electron chi connectivity index (χ1n) is 23.5. The number of carbonyl (C=O) groups is 6. The Morgan fingerprint density at radius 1 is 0.897 bits per heavy atom. The monoisotopic (exact) mass is 940 g/mol. The Kier molecular flexibility index (Phi) is 22.2. The van der Waals surface area contributed by atoms with Crippen molar-refractivity contribution in [2.45, 2.75) is 109 Å². The van der Waals surface area contributed by atoms with Gasteiger partial charge in [-0.25, -0.2) is 0 Å². The van der Waals surface area contributed by atoms with Crippen molar-refractivity contribution in [2.24, 2.45) is 11.5 Å². The van der Waals surface area contributed by atoms with Gasteiger partial charge in [0, 0.05) is 56.2 Å². The SMILES string of the molecule is CCCCCCCCc1ccc(C(=O)N[C@@H](CCC(=O)NCCO)C(=O)N(C)C2C(=O)NC(C)C(=O)NC(C(=O)NCC#N)Cc3ccc(OCCN)c(c3)-c3cc2ccc3OCCN)c(C)c1. The Hall–Kier alpha value is -6.55. The predicted octanol–water partition coefficient (Wildman–Crippen LogP) is 2.61. The minimum absolute atomic E-state index is 0.0114. The fourth-order valence-corrected chi connectivity index (χ4v) is 8.00. The van der Waals surface area contributed by atoms with E-state index in [2.05, 4.69) is 33.5 Å². The second kappa shape index (κ2) is 27.9. The Labute approximate surface area is 399 Å². The van der Waals surface area contributed by atoms with Crippen molar-refractivity contribution in [3.8, 4) is 28.7 Å². The molecule has 1 heterocycles. The van der Waals surface area contributed by atoms with E-state index >= 15 is 0 Å². The van der Waals surface area contributed by atoms with Crippen LogP contribution in [0, 0.1) is 18.3 Å². The lowest BCUT2D eigenvalue weighted by Crippen LogP contribution is -2.56. The number of nitrogens with one attached hydrogen (secondary N) is 5. The summed E-state index contributed by atoms with van der Waals surface area (Å²) in [6, 6.07) is 12.3. The number of hydrogen-bond donors (Lipinski definition) is 8. The molecule has 6 amide bonds. The Morgan fingerprint density at radius 3 is 2.24 bits per heavy atom. The standard InChI is InChI=1S/C50H69N9O9/c1-5-6-7-8-9-10-11-34-12-15-37(32(2)28-34)47(63)57-40(16-19-44(61)54-24-25-60)50(66)59(4)45-36-14-18-43(68-27-22-53)39(31-36)38-29-35(13-17-42(38)67-26-21-52)30-41(48(64)55-23-20-51)58-46(62)33(3)56-49(45)65/h12-15,17-18,28-29,31,33,40-41,45,60H,5-11,16,19,21-27,30,52-53H2,1-4H3,(H,54,61)(H,55,64)(H,56,65)(H,57,63)(H,58,62)/t33?,40-,41?,45?/m0/s1. The van der Waals surface area contributed by atoms with E-state index in [0.717, 1.165) is 29.7 Å². The van der Waals surface area contributed by atoms with E-state index in [1.54, 1.807) is 42.5 Å². The Balaban J connectivity index is 1.81. The third kappa shape index (κ3) is 15.8. The van der Waals surface area contributed by atoms with Crippen molar-refractivity contribution in [2.75, 3.05) is 53.0 Å². The predicted molar refractivity (Wildman–Crippen MR) is 257 cm³/mol. The third-order valence-corrected chi connectivity index (χ3v) is 11.6. The summed E-state index contributed by atoms with van der Waals surface area (Å²) >= 11 is 0. The van der Waals surface area contributed by atoms with E-state index in [4.69, 9.17) is 20.9 Å². The highest BCUT2D eigenvalue weighted by Gasteiger charge is 2.36. The maximum absolute atomic E-state index is 14.9. The number of rotatable bonds is 24. The molecular formula is C50H69N9O9. The van der Waals surface area contributed by atoms with Crippen LogP contribution in [0.5, 0.6) is 11.5 Å². The molecule has 18 nitrogen and oxygen atoms in total. The van der Waals surface area contributed by atoms with Gasteiger partial charge in [-0.2, -0.15) is 5.26 Å². The lowest BCUT2D eigenvalue weighted by atomic mass is 9.93. The number of nitriles is 1. The molecule has 4 bridgehead atoms. The number of nitrogens with two attached hydrogens (primary N) is 2. The van der Waals surface area contributed by atoms with Crippen molar-refractivity contribution in [3.63, 3.8) is 0 Å². The van der Waals surface area contributed by atoms with Gasteiger partial charge in [-0.1, -0.05) is 63.3 Å². The number of hydrogen-bond acceptors (Lipinski definition) is 12. The van der Waals surface area contributed by atoms with Gasteiger partial charge >= 0.3 is 0 Å². The summed E-state index contributed by atoms with van der Waals surface area (Å²) in [4.78, 5) is 84.9. The highest BCUT2D eigenvalue weighted by molar-refractivity contribution is 6.00. The van der Waals surface area contributed by atoms with Crippen LogP contribution in [0.25, 0.3) is 11.1 Å². The van der Waals surface area contributed by atoms with E-state index in [-0.39, 0.29) is 70.8 Å². The molecule has 368 valence electrons. The van der Waals surface area contributed by atoms with Crippen molar-refractivity contribution in [1.82, 2.24) is 31.5 Å². The number of fused-ring (bicyclic) bond motifs is 5. The minimum Gasteiger partial charge on any atom is -0.492 e. The zero-order valence-corrected chi connectivity index (χ0v) is 39.8. The quantitative estimate of drug-likeness (QED) is 0.0476. The molecule has 0 radical (unpaired) electrons. The lowest BCUT2D eigenvalue weighted by molar-refractivity contribution is -0.142. The molecule has 4 atom stereocenters. The number of aryl methyl sites for hydroxylation is 2. The maximum Gasteiger partial charge on any atom is 0.252 e. The largest absolute Gasteiger partial charge is 0.492 e. The fourth-order valence-electron chi connectivity index (χ4n) is 8.00. The zero-order valence-electron chi connectivity index (χ0n) is 39.8. The minimum atomic E-state index is -1.46. The smallest absolute Gasteiger partial charge is 0.252 e. The molecule has 0 aliphatic carbocycles. The number of likely N-dealkylation sites (N-methyl/N-ethyl adjacent to an activating group) is 1. The summed E-state index contributed by atoms with van der Waals surface area (Å²) in [6.07, 6.45) is 7.38. The molecule has 3 aromatic carbocycles. The average Bonchev–Trinajstić information content (AvgIpc) is 3.33. The molecule has 0 saturated carbocycles. The van der Waals surface area contributed by atoms with E-state index in [0.29, 0.717) is 39.3 Å². The fraction of sp³-hybridized carbons (Fsp3) is 0.500. The molecule has 0 saturated heterocycles. The maximum atomic E-state index is 14.9. The van der Waals surface area contributed by atoms with Gasteiger partial charge < -0.3 is 57.5 Å². The zero-order chi connectivity index (χ0) is 49.6. The summed E-state index contributed by atoms with van der Waals surface area (Å²) in [5.41, 5.74) is 15.6. The van der Waals surface area contributed by atoms with Crippen LogP contribution in [0.4, 0.5) is 0 Å². The first-order chi connectivity index (χ1) is 32.8. The highest BCUT2D eigenvalue weighted by atomic mass is 16.5. The van der Waals surface area contributed by atoms with Gasteiger partial charge in [0.1, 0.15) is 55.4 Å². The van der Waals surface area contributed by atoms with Gasteiger partial charge in [-0.15, -0.1) is 0 Å². The Morgan fingerprint density at radius 2 is 1.57 bits per heavy atom. The molecule has 3 aromatic rings. The highest BCUT2D eigenvalue weighted by Crippen LogP contribution is 2.40. The molecule has 10 N–H and O–H groups in total. The first kappa shape index (κ1) is 54.1. The average molecular weight is 940 g/mol. The molecule has 0 aromatic heterocycles. The molecule has 3 unspecified atom stereocenters.